The smallest absolute Gasteiger partial charge is 0.373 e. The summed E-state index contributed by atoms with van der Waals surface area (Å²) in [5, 5.41) is 9.10. The van der Waals surface area contributed by atoms with Gasteiger partial charge in [0.25, 0.3) is 5.60 Å². The minimum atomic E-state index is -5.79. The molecule has 120 valence electrons. The van der Waals surface area contributed by atoms with Crippen molar-refractivity contribution in [1.29, 1.82) is 0 Å². The highest BCUT2D eigenvalue weighted by molar-refractivity contribution is 5.25. The van der Waals surface area contributed by atoms with Gasteiger partial charge in [-0.2, -0.15) is 26.3 Å². The molecule has 0 aliphatic heterocycles. The molecule has 0 unspecified atom stereocenters. The summed E-state index contributed by atoms with van der Waals surface area (Å²) in [6, 6.07) is 5.34. The van der Waals surface area contributed by atoms with Crippen molar-refractivity contribution < 1.29 is 31.4 Å². The third-order valence-corrected chi connectivity index (χ3v) is 3.24. The Morgan fingerprint density at radius 3 is 1.67 bits per heavy atom. The lowest BCUT2D eigenvalue weighted by Crippen LogP contribution is -2.58. The molecule has 0 aliphatic carbocycles. The van der Waals surface area contributed by atoms with E-state index in [4.69, 9.17) is 5.11 Å². The van der Waals surface area contributed by atoms with Crippen LogP contribution in [0.4, 0.5) is 26.3 Å². The minimum absolute atomic E-state index is 0.215. The number of hydrogen-bond acceptors (Lipinski definition) is 1. The Labute approximate surface area is 118 Å². The molecule has 0 amide bonds. The van der Waals surface area contributed by atoms with Gasteiger partial charge in [-0.1, -0.05) is 37.6 Å². The zero-order valence-electron chi connectivity index (χ0n) is 11.4. The van der Waals surface area contributed by atoms with Crippen LogP contribution in [0.2, 0.25) is 0 Å². The Bertz CT molecular complexity index is 432. The average molecular weight is 314 g/mol. The molecule has 0 fully saturated rings. The van der Waals surface area contributed by atoms with Gasteiger partial charge in [0.2, 0.25) is 0 Å². The van der Waals surface area contributed by atoms with E-state index >= 15 is 0 Å². The van der Waals surface area contributed by atoms with Crippen LogP contribution in [-0.2, 0) is 12.8 Å². The van der Waals surface area contributed by atoms with Gasteiger partial charge in [0.05, 0.1) is 0 Å². The van der Waals surface area contributed by atoms with Crippen LogP contribution in [0.1, 0.15) is 30.9 Å². The second-order valence-corrected chi connectivity index (χ2v) is 4.95. The highest BCUT2D eigenvalue weighted by Gasteiger charge is 2.70. The van der Waals surface area contributed by atoms with Crippen LogP contribution in [0, 0.1) is 0 Å². The molecule has 1 N–H and O–H groups in total. The number of unbranched alkanes of at least 4 members (excludes halogenated alkanes) is 1. The zero-order valence-corrected chi connectivity index (χ0v) is 11.4. The van der Waals surface area contributed by atoms with Gasteiger partial charge in [0.1, 0.15) is 0 Å². The van der Waals surface area contributed by atoms with Crippen molar-refractivity contribution in [1.82, 2.24) is 0 Å². The monoisotopic (exact) mass is 314 g/mol. The van der Waals surface area contributed by atoms with Gasteiger partial charge in [-0.15, -0.1) is 0 Å². The van der Waals surface area contributed by atoms with Crippen molar-refractivity contribution in [2.24, 2.45) is 0 Å². The molecule has 0 saturated carbocycles. The highest BCUT2D eigenvalue weighted by Crippen LogP contribution is 2.45. The van der Waals surface area contributed by atoms with Crippen LogP contribution in [0.15, 0.2) is 24.3 Å². The Morgan fingerprint density at radius 2 is 1.29 bits per heavy atom. The first-order chi connectivity index (χ1) is 9.51. The van der Waals surface area contributed by atoms with E-state index in [9.17, 15) is 26.3 Å². The Hall–Kier alpha value is -1.24. The minimum Gasteiger partial charge on any atom is -0.373 e. The van der Waals surface area contributed by atoms with Gasteiger partial charge in [-0.25, -0.2) is 0 Å². The number of benzene rings is 1. The van der Waals surface area contributed by atoms with E-state index in [2.05, 4.69) is 0 Å². The topological polar surface area (TPSA) is 20.2 Å². The van der Waals surface area contributed by atoms with Crippen molar-refractivity contribution in [2.45, 2.75) is 50.6 Å². The van der Waals surface area contributed by atoms with Crippen LogP contribution in [0.25, 0.3) is 0 Å². The molecule has 1 aromatic carbocycles. The van der Waals surface area contributed by atoms with Crippen molar-refractivity contribution in [3.8, 4) is 0 Å². The first-order valence-corrected chi connectivity index (χ1v) is 6.45. The summed E-state index contributed by atoms with van der Waals surface area (Å²) in [7, 11) is 0. The van der Waals surface area contributed by atoms with Crippen molar-refractivity contribution in [2.75, 3.05) is 0 Å². The maximum atomic E-state index is 12.6. The maximum Gasteiger partial charge on any atom is 0.426 e. The summed E-state index contributed by atoms with van der Waals surface area (Å²) < 4.78 is 75.4. The molecule has 0 saturated heterocycles. The van der Waals surface area contributed by atoms with Crippen LogP contribution in [-0.4, -0.2) is 23.1 Å². The van der Waals surface area contributed by atoms with E-state index in [0.717, 1.165) is 18.4 Å². The van der Waals surface area contributed by atoms with Gasteiger partial charge in [-0.05, 0) is 24.0 Å². The van der Waals surface area contributed by atoms with Crippen molar-refractivity contribution in [3.05, 3.63) is 35.4 Å². The molecule has 0 bridgehead atoms. The molecule has 0 radical (unpaired) electrons. The number of aliphatic hydroxyl groups is 1. The normalized spacial score (nSPS) is 13.5. The number of halogens is 6. The first kappa shape index (κ1) is 17.8. The second kappa shape index (κ2) is 6.25. The summed E-state index contributed by atoms with van der Waals surface area (Å²) in [5.74, 6) is 0. The van der Waals surface area contributed by atoms with Crippen LogP contribution in [0.5, 0.6) is 0 Å². The molecular formula is C14H16F6O. The predicted molar refractivity (Wildman–Crippen MR) is 65.8 cm³/mol. The van der Waals surface area contributed by atoms with Gasteiger partial charge >= 0.3 is 12.4 Å². The van der Waals surface area contributed by atoms with E-state index in [-0.39, 0.29) is 5.56 Å². The number of hydrogen-bond donors (Lipinski definition) is 1. The largest absolute Gasteiger partial charge is 0.426 e. The number of aryl methyl sites for hydroxylation is 1. The summed E-state index contributed by atoms with van der Waals surface area (Å²) >= 11 is 0. The first-order valence-electron chi connectivity index (χ1n) is 6.45. The van der Waals surface area contributed by atoms with Crippen LogP contribution < -0.4 is 0 Å². The van der Waals surface area contributed by atoms with Crippen LogP contribution >= 0.6 is 0 Å². The highest BCUT2D eigenvalue weighted by atomic mass is 19.4. The van der Waals surface area contributed by atoms with E-state index in [0.29, 0.717) is 6.42 Å². The molecule has 0 atom stereocenters. The standard InChI is InChI=1S/C14H16F6O/c1-2-3-4-10-5-7-11(8-6-10)9-12(21,13(15,16)17)14(18,19)20/h5-8,21H,2-4,9H2,1H3. The fourth-order valence-corrected chi connectivity index (χ4v) is 1.86. The average Bonchev–Trinajstić information content (AvgIpc) is 2.35. The molecule has 0 spiro atoms. The fraction of sp³-hybridized carbons (Fsp3) is 0.571. The Morgan fingerprint density at radius 1 is 0.857 bits per heavy atom. The predicted octanol–water partition coefficient (Wildman–Crippen LogP) is 4.43. The quantitative estimate of drug-likeness (QED) is 0.797. The van der Waals surface area contributed by atoms with Crippen LogP contribution in [0.3, 0.4) is 0 Å². The molecule has 0 heterocycles. The van der Waals surface area contributed by atoms with Gasteiger partial charge in [0.15, 0.2) is 0 Å². The Balaban J connectivity index is 2.96. The molecule has 0 aliphatic rings. The molecule has 1 aromatic rings. The van der Waals surface area contributed by atoms with Gasteiger partial charge in [0, 0.05) is 6.42 Å². The van der Waals surface area contributed by atoms with E-state index < -0.39 is 24.4 Å². The number of rotatable bonds is 5. The SMILES string of the molecule is CCCCc1ccc(CC(O)(C(F)(F)F)C(F)(F)F)cc1. The summed E-state index contributed by atoms with van der Waals surface area (Å²) in [5.41, 5.74) is -4.11. The summed E-state index contributed by atoms with van der Waals surface area (Å²) in [4.78, 5) is 0. The molecular weight excluding hydrogens is 298 g/mol. The molecule has 21 heavy (non-hydrogen) atoms. The van der Waals surface area contributed by atoms with Gasteiger partial charge in [-0.3, -0.25) is 0 Å². The molecule has 0 aromatic heterocycles. The molecule has 1 nitrogen and oxygen atoms in total. The maximum absolute atomic E-state index is 12.6. The van der Waals surface area contributed by atoms with E-state index in [1.54, 1.807) is 0 Å². The number of alkyl halides is 6. The lowest BCUT2D eigenvalue weighted by molar-refractivity contribution is -0.367. The molecule has 7 heteroatoms. The molecule has 1 rings (SSSR count). The summed E-state index contributed by atoms with van der Waals surface area (Å²) in [6.45, 7) is 1.97. The Kier molecular flexibility index (Phi) is 5.30. The third-order valence-electron chi connectivity index (χ3n) is 3.24. The van der Waals surface area contributed by atoms with E-state index in [1.807, 2.05) is 6.92 Å². The lowest BCUT2D eigenvalue weighted by atomic mass is 9.92. The third kappa shape index (κ3) is 4.12. The summed E-state index contributed by atoms with van der Waals surface area (Å²) in [6.07, 6.45) is -10.6. The van der Waals surface area contributed by atoms with Gasteiger partial charge < -0.3 is 5.11 Å². The van der Waals surface area contributed by atoms with E-state index in [1.165, 1.54) is 24.3 Å². The van der Waals surface area contributed by atoms with Crippen molar-refractivity contribution >= 4 is 0 Å². The lowest BCUT2D eigenvalue weighted by Gasteiger charge is -2.32. The van der Waals surface area contributed by atoms with Crippen molar-refractivity contribution in [3.63, 3.8) is 0 Å². The fourth-order valence-electron chi connectivity index (χ4n) is 1.86. The zero-order chi connectivity index (χ0) is 16.3. The second-order valence-electron chi connectivity index (χ2n) is 4.95.